The maximum atomic E-state index is 11.9. The molecule has 2 aliphatic heterocycles. The second-order valence-electron chi connectivity index (χ2n) is 6.62. The molecule has 2 fully saturated rings. The fraction of sp³-hybridized carbons (Fsp3) is 0.500. The zero-order chi connectivity index (χ0) is 17.1. The van der Waals surface area contributed by atoms with Crippen LogP contribution in [-0.2, 0) is 14.4 Å². The number of rotatable bonds is 4. The van der Waals surface area contributed by atoms with E-state index in [9.17, 15) is 14.4 Å². The number of anilines is 1. The molecule has 1 atom stereocenters. The van der Waals surface area contributed by atoms with Crippen LogP contribution in [0.3, 0.4) is 0 Å². The molecule has 2 heterocycles. The van der Waals surface area contributed by atoms with E-state index in [1.807, 2.05) is 24.3 Å². The van der Waals surface area contributed by atoms with Crippen LogP contribution in [0.25, 0.3) is 0 Å². The summed E-state index contributed by atoms with van der Waals surface area (Å²) < 4.78 is 0. The molecule has 1 aromatic carbocycles. The number of carboxylic acids is 1. The van der Waals surface area contributed by atoms with E-state index < -0.39 is 5.97 Å². The Morgan fingerprint density at radius 2 is 1.79 bits per heavy atom. The quantitative estimate of drug-likeness (QED) is 0.824. The van der Waals surface area contributed by atoms with Crippen molar-refractivity contribution < 1.29 is 19.5 Å². The lowest BCUT2D eigenvalue weighted by molar-refractivity contribution is -0.138. The number of imide groups is 1. The normalized spacial score (nSPS) is 22.3. The topological polar surface area (TPSA) is 86.7 Å². The molecular weight excluding hydrogens is 308 g/mol. The number of hydrogen-bond acceptors (Lipinski definition) is 4. The van der Waals surface area contributed by atoms with Crippen LogP contribution >= 0.6 is 0 Å². The van der Waals surface area contributed by atoms with Gasteiger partial charge in [0.1, 0.15) is 0 Å². The maximum Gasteiger partial charge on any atom is 0.303 e. The van der Waals surface area contributed by atoms with E-state index in [2.05, 4.69) is 10.2 Å². The minimum Gasteiger partial charge on any atom is -0.481 e. The van der Waals surface area contributed by atoms with Gasteiger partial charge < -0.3 is 10.0 Å². The first-order chi connectivity index (χ1) is 11.5. The number of carboxylic acid groups (broad SMARTS) is 1. The summed E-state index contributed by atoms with van der Waals surface area (Å²) >= 11 is 0. The number of nitrogens with one attached hydrogen (secondary N) is 1. The molecule has 3 rings (SSSR count). The van der Waals surface area contributed by atoms with Gasteiger partial charge in [-0.05, 0) is 42.9 Å². The SMILES string of the molecule is O=C(O)CC1CCN(c2ccc(C3CCC(=O)NC3=O)cc2)CC1. The smallest absolute Gasteiger partial charge is 0.303 e. The Balaban J connectivity index is 1.60. The van der Waals surface area contributed by atoms with Crippen LogP contribution in [-0.4, -0.2) is 36.0 Å². The lowest BCUT2D eigenvalue weighted by Crippen LogP contribution is -2.39. The molecule has 1 aromatic rings. The minimum atomic E-state index is -0.720. The van der Waals surface area contributed by atoms with Gasteiger partial charge in [0.05, 0.1) is 5.92 Å². The summed E-state index contributed by atoms with van der Waals surface area (Å²) in [6.07, 6.45) is 2.98. The zero-order valence-electron chi connectivity index (χ0n) is 13.5. The Morgan fingerprint density at radius 3 is 2.38 bits per heavy atom. The van der Waals surface area contributed by atoms with E-state index >= 15 is 0 Å². The average molecular weight is 330 g/mol. The second kappa shape index (κ2) is 7.03. The molecule has 2 aliphatic rings. The highest BCUT2D eigenvalue weighted by Gasteiger charge is 2.28. The molecule has 0 radical (unpaired) electrons. The van der Waals surface area contributed by atoms with Gasteiger partial charge in [-0.2, -0.15) is 0 Å². The Morgan fingerprint density at radius 1 is 1.12 bits per heavy atom. The van der Waals surface area contributed by atoms with Gasteiger partial charge in [0.2, 0.25) is 11.8 Å². The molecule has 2 amide bonds. The molecule has 6 heteroatoms. The third kappa shape index (κ3) is 3.75. The number of nitrogens with zero attached hydrogens (tertiary/aromatic N) is 1. The molecule has 2 N–H and O–H groups in total. The van der Waals surface area contributed by atoms with E-state index in [0.29, 0.717) is 12.8 Å². The van der Waals surface area contributed by atoms with Crippen molar-refractivity contribution in [3.05, 3.63) is 29.8 Å². The molecule has 1 unspecified atom stereocenters. The summed E-state index contributed by atoms with van der Waals surface area (Å²) in [6, 6.07) is 7.94. The summed E-state index contributed by atoms with van der Waals surface area (Å²) in [5.74, 6) is -1.12. The van der Waals surface area contributed by atoms with Crippen LogP contribution in [0.4, 0.5) is 5.69 Å². The van der Waals surface area contributed by atoms with Crippen molar-refractivity contribution in [3.8, 4) is 0 Å². The molecule has 24 heavy (non-hydrogen) atoms. The maximum absolute atomic E-state index is 11.9. The van der Waals surface area contributed by atoms with Gasteiger partial charge in [0.25, 0.3) is 0 Å². The van der Waals surface area contributed by atoms with Crippen LogP contribution in [0, 0.1) is 5.92 Å². The predicted octanol–water partition coefficient (Wildman–Crippen LogP) is 1.90. The molecule has 6 nitrogen and oxygen atoms in total. The number of benzene rings is 1. The molecule has 2 saturated heterocycles. The van der Waals surface area contributed by atoms with Crippen molar-refractivity contribution in [2.24, 2.45) is 5.92 Å². The van der Waals surface area contributed by atoms with Crippen LogP contribution in [0.5, 0.6) is 0 Å². The van der Waals surface area contributed by atoms with E-state index in [0.717, 1.165) is 37.2 Å². The lowest BCUT2D eigenvalue weighted by Gasteiger charge is -2.33. The summed E-state index contributed by atoms with van der Waals surface area (Å²) in [4.78, 5) is 36.2. The van der Waals surface area contributed by atoms with E-state index in [-0.39, 0.29) is 30.1 Å². The van der Waals surface area contributed by atoms with Gasteiger partial charge in [0.15, 0.2) is 0 Å². The van der Waals surface area contributed by atoms with Crippen molar-refractivity contribution in [1.82, 2.24) is 5.32 Å². The summed E-state index contributed by atoms with van der Waals surface area (Å²) in [5, 5.41) is 11.3. The Bertz CT molecular complexity index is 633. The number of piperidine rings is 2. The number of carbonyl (C=O) groups excluding carboxylic acids is 2. The molecule has 0 saturated carbocycles. The first-order valence-corrected chi connectivity index (χ1v) is 8.43. The van der Waals surface area contributed by atoms with Crippen molar-refractivity contribution in [1.29, 1.82) is 0 Å². The molecule has 0 bridgehead atoms. The molecule has 0 spiro atoms. The highest BCUT2D eigenvalue weighted by molar-refractivity contribution is 6.00. The lowest BCUT2D eigenvalue weighted by atomic mass is 9.90. The van der Waals surface area contributed by atoms with Crippen LogP contribution < -0.4 is 10.2 Å². The van der Waals surface area contributed by atoms with Gasteiger partial charge >= 0.3 is 5.97 Å². The summed E-state index contributed by atoms with van der Waals surface area (Å²) in [7, 11) is 0. The zero-order valence-corrected chi connectivity index (χ0v) is 13.5. The number of amides is 2. The van der Waals surface area contributed by atoms with Gasteiger partial charge in [0, 0.05) is 31.6 Å². The highest BCUT2D eigenvalue weighted by atomic mass is 16.4. The van der Waals surface area contributed by atoms with E-state index in [4.69, 9.17) is 5.11 Å². The highest BCUT2D eigenvalue weighted by Crippen LogP contribution is 2.29. The van der Waals surface area contributed by atoms with Crippen molar-refractivity contribution >= 4 is 23.5 Å². The molecule has 0 aliphatic carbocycles. The Hall–Kier alpha value is -2.37. The number of aliphatic carboxylic acids is 1. The van der Waals surface area contributed by atoms with E-state index in [1.54, 1.807) is 0 Å². The van der Waals surface area contributed by atoms with Gasteiger partial charge in [-0.3, -0.25) is 19.7 Å². The predicted molar refractivity (Wildman–Crippen MR) is 88.8 cm³/mol. The summed E-state index contributed by atoms with van der Waals surface area (Å²) in [5.41, 5.74) is 2.03. The monoisotopic (exact) mass is 330 g/mol. The Kier molecular flexibility index (Phi) is 4.83. The standard InChI is InChI=1S/C18H22N2O4/c21-16-6-5-15(18(24)19-16)13-1-3-14(4-2-13)20-9-7-12(8-10-20)11-17(22)23/h1-4,12,15H,5-11H2,(H,22,23)(H,19,21,24). The number of carbonyl (C=O) groups is 3. The second-order valence-corrected chi connectivity index (χ2v) is 6.62. The minimum absolute atomic E-state index is 0.197. The van der Waals surface area contributed by atoms with Gasteiger partial charge in [-0.1, -0.05) is 12.1 Å². The van der Waals surface area contributed by atoms with Crippen molar-refractivity contribution in [2.75, 3.05) is 18.0 Å². The fourth-order valence-electron chi connectivity index (χ4n) is 3.57. The molecule has 0 aromatic heterocycles. The van der Waals surface area contributed by atoms with Gasteiger partial charge in [-0.25, -0.2) is 0 Å². The van der Waals surface area contributed by atoms with Crippen molar-refractivity contribution in [3.63, 3.8) is 0 Å². The Labute approximate surface area is 140 Å². The van der Waals surface area contributed by atoms with Crippen molar-refractivity contribution in [2.45, 2.75) is 38.0 Å². The van der Waals surface area contributed by atoms with Crippen LogP contribution in [0.15, 0.2) is 24.3 Å². The van der Waals surface area contributed by atoms with Gasteiger partial charge in [-0.15, -0.1) is 0 Å². The first kappa shape index (κ1) is 16.5. The van der Waals surface area contributed by atoms with Crippen LogP contribution in [0.1, 0.15) is 43.6 Å². The van der Waals surface area contributed by atoms with Crippen LogP contribution in [0.2, 0.25) is 0 Å². The fourth-order valence-corrected chi connectivity index (χ4v) is 3.57. The molecular formula is C18H22N2O4. The summed E-state index contributed by atoms with van der Waals surface area (Å²) in [6.45, 7) is 1.71. The third-order valence-electron chi connectivity index (χ3n) is 4.98. The number of hydrogen-bond donors (Lipinski definition) is 2. The first-order valence-electron chi connectivity index (χ1n) is 8.43. The largest absolute Gasteiger partial charge is 0.481 e. The molecule has 128 valence electrons. The third-order valence-corrected chi connectivity index (χ3v) is 4.98. The van der Waals surface area contributed by atoms with E-state index in [1.165, 1.54) is 0 Å². The average Bonchev–Trinajstić information content (AvgIpc) is 2.55.